The smallest absolute Gasteiger partial charge is 0.227 e. The van der Waals surface area contributed by atoms with Crippen LogP contribution >= 0.6 is 0 Å². The van der Waals surface area contributed by atoms with Crippen LogP contribution in [-0.2, 0) is 25.4 Å². The summed E-state index contributed by atoms with van der Waals surface area (Å²) in [7, 11) is 0. The SMILES string of the molecule is C[C@@H]1CC(C(O)C(C)(C)O)OC2C1C1(C)CCC34CC35CCC(OC3CN(C(=O)Cc6ccc(F)cc6)CCO3)C(C)(C)[C@@H]5CCC4[C@]1(C)[C@H]2O. The maximum absolute atomic E-state index is 13.4. The van der Waals surface area contributed by atoms with Gasteiger partial charge in [-0.3, -0.25) is 4.79 Å². The first-order valence-corrected chi connectivity index (χ1v) is 19.9. The van der Waals surface area contributed by atoms with Gasteiger partial charge in [0.15, 0.2) is 6.29 Å². The van der Waals surface area contributed by atoms with E-state index in [1.54, 1.807) is 26.0 Å². The van der Waals surface area contributed by atoms with Crippen LogP contribution < -0.4 is 0 Å². The van der Waals surface area contributed by atoms with Crippen molar-refractivity contribution in [3.05, 3.63) is 35.6 Å². The molecule has 0 aromatic heterocycles. The van der Waals surface area contributed by atoms with Crippen molar-refractivity contribution in [3.8, 4) is 0 Å². The number of ether oxygens (including phenoxy) is 3. The van der Waals surface area contributed by atoms with E-state index in [-0.39, 0.29) is 69.3 Å². The number of fused-ring (bicyclic) bond motifs is 4. The molecule has 2 saturated heterocycles. The minimum absolute atomic E-state index is 0.00840. The third kappa shape index (κ3) is 5.13. The van der Waals surface area contributed by atoms with Gasteiger partial charge in [-0.05, 0) is 128 Å². The van der Waals surface area contributed by atoms with E-state index in [9.17, 15) is 24.5 Å². The third-order valence-corrected chi connectivity index (χ3v) is 16.8. The van der Waals surface area contributed by atoms with Crippen molar-refractivity contribution >= 4 is 5.91 Å². The van der Waals surface area contributed by atoms with Crippen molar-refractivity contribution < 1.29 is 38.7 Å². The second-order valence-electron chi connectivity index (χ2n) is 19.7. The highest BCUT2D eigenvalue weighted by atomic mass is 19.1. The van der Waals surface area contributed by atoms with Gasteiger partial charge in [-0.1, -0.05) is 46.8 Å². The Kier molecular flexibility index (Phi) is 8.51. The van der Waals surface area contributed by atoms with Gasteiger partial charge in [-0.2, -0.15) is 0 Å². The van der Waals surface area contributed by atoms with Crippen LogP contribution in [0.25, 0.3) is 0 Å². The van der Waals surface area contributed by atoms with Gasteiger partial charge in [0.05, 0.1) is 49.6 Å². The van der Waals surface area contributed by atoms with Crippen LogP contribution in [0.2, 0.25) is 0 Å². The first-order chi connectivity index (χ1) is 23.9. The number of benzene rings is 1. The minimum atomic E-state index is -1.27. The molecule has 8 rings (SSSR count). The van der Waals surface area contributed by atoms with Gasteiger partial charge in [0.1, 0.15) is 11.9 Å². The third-order valence-electron chi connectivity index (χ3n) is 16.8. The van der Waals surface area contributed by atoms with Crippen LogP contribution in [-0.4, -0.2) is 88.2 Å². The first kappa shape index (κ1) is 36.4. The normalized spacial score (nSPS) is 47.7. The van der Waals surface area contributed by atoms with Crippen LogP contribution in [0.3, 0.4) is 0 Å². The number of rotatable bonds is 6. The Balaban J connectivity index is 0.976. The lowest BCUT2D eigenvalue weighted by atomic mass is 9.41. The Morgan fingerprint density at radius 2 is 1.75 bits per heavy atom. The van der Waals surface area contributed by atoms with Crippen molar-refractivity contribution in [2.24, 2.45) is 50.7 Å². The number of carbonyl (C=O) groups is 1. The van der Waals surface area contributed by atoms with Crippen LogP contribution in [0.4, 0.5) is 4.39 Å². The maximum Gasteiger partial charge on any atom is 0.227 e. The fraction of sp³-hybridized carbons (Fsp3) is 0.833. The number of amides is 1. The Bertz CT molecular complexity index is 1510. The highest BCUT2D eigenvalue weighted by Gasteiger charge is 2.84. The van der Waals surface area contributed by atoms with Gasteiger partial charge in [0, 0.05) is 12.0 Å². The predicted octanol–water partition coefficient (Wildman–Crippen LogP) is 5.88. The number of hydrogen-bond acceptors (Lipinski definition) is 7. The molecule has 9 heteroatoms. The minimum Gasteiger partial charge on any atom is -0.390 e. The summed E-state index contributed by atoms with van der Waals surface area (Å²) in [6.45, 7) is 16.5. The van der Waals surface area contributed by atoms with Gasteiger partial charge in [0.2, 0.25) is 5.91 Å². The van der Waals surface area contributed by atoms with E-state index in [0.717, 1.165) is 37.7 Å². The number of halogens is 1. The molecule has 0 radical (unpaired) electrons. The van der Waals surface area contributed by atoms with E-state index in [4.69, 9.17) is 14.2 Å². The van der Waals surface area contributed by atoms with E-state index in [1.807, 2.05) is 4.90 Å². The summed E-state index contributed by atoms with van der Waals surface area (Å²) in [6, 6.07) is 6.13. The molecule has 51 heavy (non-hydrogen) atoms. The molecule has 284 valence electrons. The highest BCUT2D eigenvalue weighted by molar-refractivity contribution is 5.78. The molecule has 1 aromatic rings. The largest absolute Gasteiger partial charge is 0.390 e. The molecule has 5 aliphatic carbocycles. The average Bonchev–Trinajstić information content (AvgIpc) is 3.71. The number of aliphatic hydroxyl groups is 3. The van der Waals surface area contributed by atoms with Crippen molar-refractivity contribution in [2.45, 2.75) is 149 Å². The molecule has 0 bridgehead atoms. The first-order valence-electron chi connectivity index (χ1n) is 19.9. The van der Waals surface area contributed by atoms with E-state index in [1.165, 1.54) is 25.0 Å². The Labute approximate surface area is 303 Å². The lowest BCUT2D eigenvalue weighted by molar-refractivity contribution is -0.248. The molecule has 5 saturated carbocycles. The summed E-state index contributed by atoms with van der Waals surface area (Å²) in [5.41, 5.74) is -0.454. The topological polar surface area (TPSA) is 109 Å². The van der Waals surface area contributed by atoms with Crippen molar-refractivity contribution in [1.82, 2.24) is 4.90 Å². The lowest BCUT2D eigenvalue weighted by Gasteiger charge is -2.64. The summed E-state index contributed by atoms with van der Waals surface area (Å²) in [6.07, 6.45) is 5.78. The van der Waals surface area contributed by atoms with Gasteiger partial charge < -0.3 is 34.4 Å². The van der Waals surface area contributed by atoms with E-state index >= 15 is 0 Å². The van der Waals surface area contributed by atoms with Crippen LogP contribution in [0.1, 0.15) is 105 Å². The molecule has 2 spiro atoms. The van der Waals surface area contributed by atoms with Gasteiger partial charge in [-0.15, -0.1) is 0 Å². The van der Waals surface area contributed by atoms with Crippen LogP contribution in [0.15, 0.2) is 24.3 Å². The zero-order chi connectivity index (χ0) is 36.5. The molecule has 10 unspecified atom stereocenters. The molecule has 1 aromatic carbocycles. The number of aliphatic hydroxyl groups excluding tert-OH is 2. The summed E-state index contributed by atoms with van der Waals surface area (Å²) < 4.78 is 33.0. The molecular formula is C42H62FNO7. The van der Waals surface area contributed by atoms with E-state index < -0.39 is 30.2 Å². The van der Waals surface area contributed by atoms with Crippen LogP contribution in [0, 0.1) is 56.6 Å². The molecule has 8 nitrogen and oxygen atoms in total. The fourth-order valence-electron chi connectivity index (χ4n) is 14.2. The Hall–Kier alpha value is -1.62. The quantitative estimate of drug-likeness (QED) is 0.338. The Morgan fingerprint density at radius 1 is 1.06 bits per heavy atom. The molecule has 1 amide bonds. The molecule has 2 heterocycles. The molecule has 2 aliphatic heterocycles. The Morgan fingerprint density at radius 3 is 2.45 bits per heavy atom. The van der Waals surface area contributed by atoms with Crippen molar-refractivity contribution in [1.29, 1.82) is 0 Å². The summed E-state index contributed by atoms with van der Waals surface area (Å²) in [5, 5.41) is 34.2. The number of nitrogens with zero attached hydrogens (tertiary/aromatic N) is 1. The summed E-state index contributed by atoms with van der Waals surface area (Å²) in [5.74, 6) is 1.11. The van der Waals surface area contributed by atoms with Gasteiger partial charge in [0.25, 0.3) is 0 Å². The number of morpholine rings is 1. The van der Waals surface area contributed by atoms with Crippen molar-refractivity contribution in [3.63, 3.8) is 0 Å². The summed E-state index contributed by atoms with van der Waals surface area (Å²) >= 11 is 0. The molecule has 7 fully saturated rings. The predicted molar refractivity (Wildman–Crippen MR) is 190 cm³/mol. The van der Waals surface area contributed by atoms with Gasteiger partial charge >= 0.3 is 0 Å². The van der Waals surface area contributed by atoms with Crippen LogP contribution in [0.5, 0.6) is 0 Å². The molecule has 7 aliphatic rings. The second-order valence-corrected chi connectivity index (χ2v) is 19.7. The highest BCUT2D eigenvalue weighted by Crippen LogP contribution is 2.89. The van der Waals surface area contributed by atoms with Crippen molar-refractivity contribution in [2.75, 3.05) is 19.7 Å². The average molecular weight is 712 g/mol. The number of hydrogen-bond donors (Lipinski definition) is 3. The molecular weight excluding hydrogens is 649 g/mol. The second kappa shape index (κ2) is 11.9. The lowest BCUT2D eigenvalue weighted by Crippen LogP contribution is -2.60. The van der Waals surface area contributed by atoms with E-state index in [2.05, 4.69) is 34.6 Å². The fourth-order valence-corrected chi connectivity index (χ4v) is 14.2. The summed E-state index contributed by atoms with van der Waals surface area (Å²) in [4.78, 5) is 15.0. The monoisotopic (exact) mass is 711 g/mol. The maximum atomic E-state index is 13.4. The van der Waals surface area contributed by atoms with Gasteiger partial charge in [-0.25, -0.2) is 4.39 Å². The molecule has 3 N–H and O–H groups in total. The van der Waals surface area contributed by atoms with E-state index in [0.29, 0.717) is 38.0 Å². The standard InChI is InChI=1S/C42H62FNO7/c1-24-20-27(35(46)38(4,5)48)50-34-33(24)39(6)16-17-42-23-41(42)15-14-30(37(2,3)28(41)12-13-29(42)40(39,7)36(34)47)51-32-22-44(18-19-49-32)31(45)21-25-8-10-26(43)11-9-25/h8-11,24,27-30,32-36,46-48H,12-23H2,1-7H3/t24-,27?,28+,29?,30?,32?,33?,34?,35?,36+,39?,40-,41?,42?/m1/s1. The zero-order valence-corrected chi connectivity index (χ0v) is 31.9. The number of carbonyl (C=O) groups excluding carboxylic acids is 1. The molecule has 14 atom stereocenters. The zero-order valence-electron chi connectivity index (χ0n) is 31.9.